The van der Waals surface area contributed by atoms with Gasteiger partial charge < -0.3 is 10.6 Å². The zero-order chi connectivity index (χ0) is 10.1. The molecule has 3 heterocycles. The van der Waals surface area contributed by atoms with Crippen molar-refractivity contribution in [1.82, 2.24) is 20.3 Å². The molecule has 78 valence electrons. The zero-order valence-electron chi connectivity index (χ0n) is 8.10. The number of thiazole rings is 1. The Hall–Kier alpha value is -1.27. The molecule has 5 nitrogen and oxygen atoms in total. The predicted molar refractivity (Wildman–Crippen MR) is 60.1 cm³/mol. The maximum absolute atomic E-state index is 4.40. The average molecular weight is 221 g/mol. The van der Waals surface area contributed by atoms with Gasteiger partial charge in [0.2, 0.25) is 5.95 Å². The van der Waals surface area contributed by atoms with Crippen molar-refractivity contribution in [2.24, 2.45) is 0 Å². The summed E-state index contributed by atoms with van der Waals surface area (Å²) in [6.07, 6.45) is 2.90. The molecule has 1 unspecified atom stereocenters. The minimum Gasteiger partial charge on any atom is -0.350 e. The Bertz CT molecular complexity index is 462. The zero-order valence-corrected chi connectivity index (χ0v) is 8.92. The molecule has 0 bridgehead atoms. The van der Waals surface area contributed by atoms with Crippen molar-refractivity contribution < 1.29 is 0 Å². The van der Waals surface area contributed by atoms with Gasteiger partial charge >= 0.3 is 0 Å². The summed E-state index contributed by atoms with van der Waals surface area (Å²) in [5.41, 5.74) is 2.66. The van der Waals surface area contributed by atoms with Crippen LogP contribution in [0.15, 0.2) is 11.7 Å². The van der Waals surface area contributed by atoms with Gasteiger partial charge in [0, 0.05) is 12.6 Å². The molecule has 1 atom stereocenters. The molecule has 1 saturated heterocycles. The van der Waals surface area contributed by atoms with E-state index < -0.39 is 0 Å². The Labute approximate surface area is 91.0 Å². The summed E-state index contributed by atoms with van der Waals surface area (Å²) in [4.78, 5) is 13.7. The quantitative estimate of drug-likeness (QED) is 0.787. The molecule has 1 aliphatic heterocycles. The smallest absolute Gasteiger partial charge is 0.224 e. The molecule has 0 amide bonds. The molecular weight excluding hydrogens is 210 g/mol. The normalized spacial score (nSPS) is 20.9. The molecule has 0 saturated carbocycles. The summed E-state index contributed by atoms with van der Waals surface area (Å²) in [6, 6.07) is 0.454. The number of nitrogens with one attached hydrogen (secondary N) is 2. The predicted octanol–water partition coefficient (Wildman–Crippen LogP) is 0.860. The molecule has 0 radical (unpaired) electrons. The Morgan fingerprint density at radius 3 is 3.33 bits per heavy atom. The number of nitrogens with zero attached hydrogens (tertiary/aromatic N) is 3. The number of hydrogen-bond donors (Lipinski definition) is 2. The van der Waals surface area contributed by atoms with E-state index in [1.165, 1.54) is 0 Å². The van der Waals surface area contributed by atoms with Gasteiger partial charge in [0.25, 0.3) is 0 Å². The van der Waals surface area contributed by atoms with Gasteiger partial charge in [-0.1, -0.05) is 0 Å². The molecular formula is C9H11N5S. The van der Waals surface area contributed by atoms with E-state index in [4.69, 9.17) is 0 Å². The maximum Gasteiger partial charge on any atom is 0.224 e. The van der Waals surface area contributed by atoms with E-state index in [0.29, 0.717) is 12.0 Å². The molecule has 1 fully saturated rings. The van der Waals surface area contributed by atoms with E-state index in [9.17, 15) is 0 Å². The van der Waals surface area contributed by atoms with Crippen molar-refractivity contribution in [3.05, 3.63) is 11.7 Å². The standard InChI is InChI=1S/C9H11N5S/c1-2-10-3-6(1)13-9-11-4-7-8(14-9)15-5-12-7/h4-6,10H,1-3H2,(H,11,13,14). The third-order valence-corrected chi connectivity index (χ3v) is 3.22. The van der Waals surface area contributed by atoms with Crippen molar-refractivity contribution in [2.75, 3.05) is 18.4 Å². The highest BCUT2D eigenvalue weighted by molar-refractivity contribution is 7.16. The summed E-state index contributed by atoms with van der Waals surface area (Å²) >= 11 is 1.54. The van der Waals surface area contributed by atoms with E-state index in [1.807, 2.05) is 0 Å². The lowest BCUT2D eigenvalue weighted by molar-refractivity contribution is 0.782. The van der Waals surface area contributed by atoms with Crippen LogP contribution in [0.4, 0.5) is 5.95 Å². The molecule has 0 aromatic carbocycles. The molecule has 2 N–H and O–H groups in total. The first-order valence-electron chi connectivity index (χ1n) is 4.95. The number of hydrogen-bond acceptors (Lipinski definition) is 6. The lowest BCUT2D eigenvalue weighted by atomic mass is 10.3. The van der Waals surface area contributed by atoms with Gasteiger partial charge in [0.1, 0.15) is 10.3 Å². The highest BCUT2D eigenvalue weighted by Gasteiger charge is 2.15. The first-order chi connectivity index (χ1) is 7.42. The minimum absolute atomic E-state index is 0.454. The lowest BCUT2D eigenvalue weighted by Gasteiger charge is -2.09. The van der Waals surface area contributed by atoms with Crippen molar-refractivity contribution in [1.29, 1.82) is 0 Å². The number of rotatable bonds is 2. The third kappa shape index (κ3) is 1.78. The summed E-state index contributed by atoms with van der Waals surface area (Å²) in [5, 5.41) is 6.61. The van der Waals surface area contributed by atoms with Crippen molar-refractivity contribution in [3.63, 3.8) is 0 Å². The van der Waals surface area contributed by atoms with E-state index in [1.54, 1.807) is 23.0 Å². The second kappa shape index (κ2) is 3.71. The largest absolute Gasteiger partial charge is 0.350 e. The fraction of sp³-hybridized carbons (Fsp3) is 0.444. The highest BCUT2D eigenvalue weighted by Crippen LogP contribution is 2.16. The van der Waals surface area contributed by atoms with Crippen LogP contribution in [-0.2, 0) is 0 Å². The SMILES string of the molecule is c1nc2cnc(NC3CCNC3)nc2s1. The fourth-order valence-corrected chi connectivity index (χ4v) is 2.33. The Balaban J connectivity index is 1.84. The van der Waals surface area contributed by atoms with E-state index in [2.05, 4.69) is 25.6 Å². The average Bonchev–Trinajstić information content (AvgIpc) is 2.87. The van der Waals surface area contributed by atoms with Crippen LogP contribution in [-0.4, -0.2) is 34.1 Å². The first kappa shape index (κ1) is 8.99. The van der Waals surface area contributed by atoms with Crippen LogP contribution in [0.5, 0.6) is 0 Å². The van der Waals surface area contributed by atoms with Gasteiger partial charge in [-0.2, -0.15) is 0 Å². The summed E-state index contributed by atoms with van der Waals surface area (Å²) in [7, 11) is 0. The molecule has 1 aliphatic rings. The molecule has 15 heavy (non-hydrogen) atoms. The second-order valence-corrected chi connectivity index (χ2v) is 4.40. The molecule has 2 aromatic rings. The minimum atomic E-state index is 0.454. The Morgan fingerprint density at radius 2 is 2.47 bits per heavy atom. The molecule has 0 aliphatic carbocycles. The van der Waals surface area contributed by atoms with E-state index in [-0.39, 0.29) is 0 Å². The summed E-state index contributed by atoms with van der Waals surface area (Å²) in [5.74, 6) is 0.709. The van der Waals surface area contributed by atoms with Crippen LogP contribution in [0.2, 0.25) is 0 Å². The highest BCUT2D eigenvalue weighted by atomic mass is 32.1. The molecule has 2 aromatic heterocycles. The van der Waals surface area contributed by atoms with Crippen molar-refractivity contribution >= 4 is 27.6 Å². The van der Waals surface area contributed by atoms with E-state index in [0.717, 1.165) is 29.9 Å². The van der Waals surface area contributed by atoms with Crippen LogP contribution >= 0.6 is 11.3 Å². The molecule has 0 spiro atoms. The molecule has 3 rings (SSSR count). The van der Waals surface area contributed by atoms with E-state index >= 15 is 0 Å². The van der Waals surface area contributed by atoms with Crippen LogP contribution in [0, 0.1) is 0 Å². The van der Waals surface area contributed by atoms with Gasteiger partial charge in [-0.25, -0.2) is 15.0 Å². The molecule has 6 heteroatoms. The van der Waals surface area contributed by atoms with Gasteiger partial charge in [0.15, 0.2) is 0 Å². The fourth-order valence-electron chi connectivity index (χ4n) is 1.70. The van der Waals surface area contributed by atoms with Gasteiger partial charge in [-0.15, -0.1) is 11.3 Å². The lowest BCUT2D eigenvalue weighted by Crippen LogP contribution is -2.23. The van der Waals surface area contributed by atoms with Crippen LogP contribution in [0.25, 0.3) is 10.3 Å². The Morgan fingerprint density at radius 1 is 1.47 bits per heavy atom. The van der Waals surface area contributed by atoms with Crippen LogP contribution < -0.4 is 10.6 Å². The Kier molecular flexibility index (Phi) is 2.22. The number of aromatic nitrogens is 3. The van der Waals surface area contributed by atoms with Gasteiger partial charge in [-0.3, -0.25) is 0 Å². The van der Waals surface area contributed by atoms with Crippen LogP contribution in [0.3, 0.4) is 0 Å². The summed E-state index contributed by atoms with van der Waals surface area (Å²) < 4.78 is 0. The van der Waals surface area contributed by atoms with Gasteiger partial charge in [0.05, 0.1) is 11.7 Å². The van der Waals surface area contributed by atoms with Crippen molar-refractivity contribution in [2.45, 2.75) is 12.5 Å². The number of fused-ring (bicyclic) bond motifs is 1. The number of anilines is 1. The maximum atomic E-state index is 4.40. The monoisotopic (exact) mass is 221 g/mol. The second-order valence-electron chi connectivity index (χ2n) is 3.57. The van der Waals surface area contributed by atoms with Crippen molar-refractivity contribution in [3.8, 4) is 0 Å². The third-order valence-electron chi connectivity index (χ3n) is 2.49. The topological polar surface area (TPSA) is 62.7 Å². The summed E-state index contributed by atoms with van der Waals surface area (Å²) in [6.45, 7) is 2.06. The van der Waals surface area contributed by atoms with Crippen LogP contribution in [0.1, 0.15) is 6.42 Å². The van der Waals surface area contributed by atoms with Gasteiger partial charge in [-0.05, 0) is 13.0 Å². The first-order valence-corrected chi connectivity index (χ1v) is 5.83.